The number of morpholine rings is 1. The number of benzene rings is 1. The van der Waals surface area contributed by atoms with E-state index in [2.05, 4.69) is 12.2 Å². The van der Waals surface area contributed by atoms with Crippen molar-refractivity contribution in [2.24, 2.45) is 0 Å². The number of ether oxygens (including phenoxy) is 3. The minimum atomic E-state index is -0.302. The molecule has 2 aliphatic rings. The van der Waals surface area contributed by atoms with E-state index >= 15 is 0 Å². The number of carbonyl (C=O) groups is 1. The van der Waals surface area contributed by atoms with Crippen molar-refractivity contribution >= 4 is 6.03 Å². The highest BCUT2D eigenvalue weighted by Crippen LogP contribution is 2.35. The first-order chi connectivity index (χ1) is 11.9. The molecule has 1 saturated heterocycles. The summed E-state index contributed by atoms with van der Waals surface area (Å²) >= 11 is 0. The molecule has 0 bridgehead atoms. The van der Waals surface area contributed by atoms with Gasteiger partial charge in [-0.15, -0.1) is 0 Å². The molecule has 1 aromatic carbocycles. The van der Waals surface area contributed by atoms with E-state index in [1.54, 1.807) is 4.90 Å². The summed E-state index contributed by atoms with van der Waals surface area (Å²) in [6.45, 7) is 10.8. The topological polar surface area (TPSA) is 60.0 Å². The Kier molecular flexibility index (Phi) is 5.08. The van der Waals surface area contributed by atoms with Gasteiger partial charge in [0.05, 0.1) is 25.4 Å². The normalized spacial score (nSPS) is 21.4. The zero-order valence-corrected chi connectivity index (χ0v) is 15.6. The predicted octanol–water partition coefficient (Wildman–Crippen LogP) is 2.73. The highest BCUT2D eigenvalue weighted by atomic mass is 16.5. The fourth-order valence-electron chi connectivity index (χ4n) is 3.38. The van der Waals surface area contributed by atoms with Gasteiger partial charge in [-0.25, -0.2) is 4.79 Å². The number of rotatable bonds is 4. The average Bonchev–Trinajstić information content (AvgIpc) is 2.90. The third-order valence-electron chi connectivity index (χ3n) is 4.52. The Morgan fingerprint density at radius 2 is 2.24 bits per heavy atom. The van der Waals surface area contributed by atoms with E-state index in [9.17, 15) is 4.79 Å². The molecule has 0 saturated carbocycles. The standard InChI is InChI=1S/C19H28N2O4/c1-5-23-16-9-14-8-13(2)25-17(14)10-15(16)11-20-18(22)21-6-7-24-19(3,4)12-21/h9-10,13H,5-8,11-12H2,1-4H3,(H,20,22). The Bertz CT molecular complexity index is 645. The lowest BCUT2D eigenvalue weighted by Crippen LogP contribution is -2.53. The van der Waals surface area contributed by atoms with Gasteiger partial charge in [-0.05, 0) is 39.8 Å². The number of urea groups is 1. The molecule has 1 aromatic rings. The molecule has 0 aliphatic carbocycles. The van der Waals surface area contributed by atoms with Crippen molar-refractivity contribution in [1.29, 1.82) is 0 Å². The fourth-order valence-corrected chi connectivity index (χ4v) is 3.38. The average molecular weight is 348 g/mol. The van der Waals surface area contributed by atoms with Crippen molar-refractivity contribution in [2.45, 2.75) is 52.4 Å². The molecule has 1 fully saturated rings. The van der Waals surface area contributed by atoms with Crippen LogP contribution in [0.25, 0.3) is 0 Å². The Labute approximate surface area is 149 Å². The minimum absolute atomic E-state index is 0.0754. The molecular formula is C19H28N2O4. The van der Waals surface area contributed by atoms with Crippen LogP contribution in [0.1, 0.15) is 38.8 Å². The molecule has 6 nitrogen and oxygen atoms in total. The van der Waals surface area contributed by atoms with Crippen LogP contribution in [0.3, 0.4) is 0 Å². The maximum absolute atomic E-state index is 12.5. The lowest BCUT2D eigenvalue weighted by atomic mass is 10.1. The van der Waals surface area contributed by atoms with Gasteiger partial charge < -0.3 is 24.4 Å². The van der Waals surface area contributed by atoms with E-state index in [1.807, 2.05) is 32.9 Å². The summed E-state index contributed by atoms with van der Waals surface area (Å²) in [4.78, 5) is 14.3. The van der Waals surface area contributed by atoms with Crippen molar-refractivity contribution in [3.8, 4) is 11.5 Å². The molecule has 0 aromatic heterocycles. The number of fused-ring (bicyclic) bond motifs is 1. The van der Waals surface area contributed by atoms with Crippen LogP contribution in [0, 0.1) is 0 Å². The summed E-state index contributed by atoms with van der Waals surface area (Å²) in [5, 5.41) is 3.00. The van der Waals surface area contributed by atoms with Gasteiger partial charge in [0.2, 0.25) is 0 Å². The maximum atomic E-state index is 12.5. The van der Waals surface area contributed by atoms with Gasteiger partial charge in [0.25, 0.3) is 0 Å². The first-order valence-corrected chi connectivity index (χ1v) is 9.00. The Balaban J connectivity index is 1.68. The van der Waals surface area contributed by atoms with Crippen LogP contribution in [0.15, 0.2) is 12.1 Å². The molecule has 0 radical (unpaired) electrons. The van der Waals surface area contributed by atoms with Gasteiger partial charge in [-0.1, -0.05) is 0 Å². The number of hydrogen-bond acceptors (Lipinski definition) is 4. The summed E-state index contributed by atoms with van der Waals surface area (Å²) in [5.41, 5.74) is 1.81. The quantitative estimate of drug-likeness (QED) is 0.909. The molecule has 2 heterocycles. The van der Waals surface area contributed by atoms with Crippen LogP contribution in [-0.2, 0) is 17.7 Å². The second-order valence-electron chi connectivity index (χ2n) is 7.32. The highest BCUT2D eigenvalue weighted by molar-refractivity contribution is 5.74. The molecule has 138 valence electrons. The summed E-state index contributed by atoms with van der Waals surface area (Å²) in [6.07, 6.45) is 1.08. The second-order valence-corrected chi connectivity index (χ2v) is 7.32. The van der Waals surface area contributed by atoms with Crippen molar-refractivity contribution in [3.63, 3.8) is 0 Å². The zero-order chi connectivity index (χ0) is 18.0. The molecule has 1 unspecified atom stereocenters. The van der Waals surface area contributed by atoms with Gasteiger partial charge in [-0.2, -0.15) is 0 Å². The lowest BCUT2D eigenvalue weighted by Gasteiger charge is -2.38. The lowest BCUT2D eigenvalue weighted by molar-refractivity contribution is -0.0733. The van der Waals surface area contributed by atoms with Crippen LogP contribution in [-0.4, -0.2) is 48.9 Å². The van der Waals surface area contributed by atoms with Gasteiger partial charge in [-0.3, -0.25) is 0 Å². The highest BCUT2D eigenvalue weighted by Gasteiger charge is 2.30. The van der Waals surface area contributed by atoms with Crippen LogP contribution < -0.4 is 14.8 Å². The fraction of sp³-hybridized carbons (Fsp3) is 0.632. The Morgan fingerprint density at radius 3 is 2.96 bits per heavy atom. The van der Waals surface area contributed by atoms with Crippen molar-refractivity contribution in [1.82, 2.24) is 10.2 Å². The van der Waals surface area contributed by atoms with Crippen LogP contribution >= 0.6 is 0 Å². The maximum Gasteiger partial charge on any atom is 0.317 e. The van der Waals surface area contributed by atoms with Gasteiger partial charge >= 0.3 is 6.03 Å². The monoisotopic (exact) mass is 348 g/mol. The smallest absolute Gasteiger partial charge is 0.317 e. The van der Waals surface area contributed by atoms with E-state index in [0.717, 1.165) is 23.5 Å². The second kappa shape index (κ2) is 7.12. The molecule has 6 heteroatoms. The van der Waals surface area contributed by atoms with Crippen molar-refractivity contribution in [2.75, 3.05) is 26.3 Å². The summed E-state index contributed by atoms with van der Waals surface area (Å²) in [5.74, 6) is 1.72. The van der Waals surface area contributed by atoms with E-state index in [-0.39, 0.29) is 17.7 Å². The van der Waals surface area contributed by atoms with Crippen molar-refractivity contribution < 1.29 is 19.0 Å². The van der Waals surface area contributed by atoms with E-state index in [1.165, 1.54) is 5.56 Å². The third-order valence-corrected chi connectivity index (χ3v) is 4.52. The number of amides is 2. The SMILES string of the molecule is CCOc1cc2c(cc1CNC(=O)N1CCOC(C)(C)C1)OC(C)C2. The van der Waals surface area contributed by atoms with Crippen LogP contribution in [0.5, 0.6) is 11.5 Å². The largest absolute Gasteiger partial charge is 0.494 e. The molecule has 2 aliphatic heterocycles. The first kappa shape index (κ1) is 17.9. The van der Waals surface area contributed by atoms with Gasteiger partial charge in [0.15, 0.2) is 0 Å². The Morgan fingerprint density at radius 1 is 1.44 bits per heavy atom. The number of nitrogens with zero attached hydrogens (tertiary/aromatic N) is 1. The summed E-state index contributed by atoms with van der Waals surface area (Å²) in [6, 6.07) is 3.96. The number of nitrogens with one attached hydrogen (secondary N) is 1. The first-order valence-electron chi connectivity index (χ1n) is 9.00. The predicted molar refractivity (Wildman–Crippen MR) is 95.2 cm³/mol. The van der Waals surface area contributed by atoms with E-state index in [4.69, 9.17) is 14.2 Å². The molecule has 0 spiro atoms. The molecular weight excluding hydrogens is 320 g/mol. The zero-order valence-electron chi connectivity index (χ0n) is 15.6. The van der Waals surface area contributed by atoms with Crippen molar-refractivity contribution in [3.05, 3.63) is 23.3 Å². The van der Waals surface area contributed by atoms with E-state index in [0.29, 0.717) is 32.8 Å². The van der Waals surface area contributed by atoms with Gasteiger partial charge in [0.1, 0.15) is 17.6 Å². The third kappa shape index (κ3) is 4.18. The Hall–Kier alpha value is -1.95. The number of carbonyl (C=O) groups excluding carboxylic acids is 1. The minimum Gasteiger partial charge on any atom is -0.494 e. The molecule has 1 atom stereocenters. The summed E-state index contributed by atoms with van der Waals surface area (Å²) < 4.78 is 17.3. The number of hydrogen-bond donors (Lipinski definition) is 1. The molecule has 3 rings (SSSR count). The summed E-state index contributed by atoms with van der Waals surface area (Å²) in [7, 11) is 0. The molecule has 1 N–H and O–H groups in total. The van der Waals surface area contributed by atoms with Crippen LogP contribution in [0.2, 0.25) is 0 Å². The van der Waals surface area contributed by atoms with Gasteiger partial charge in [0, 0.05) is 30.6 Å². The molecule has 25 heavy (non-hydrogen) atoms. The van der Waals surface area contributed by atoms with Crippen LogP contribution in [0.4, 0.5) is 4.79 Å². The van der Waals surface area contributed by atoms with E-state index < -0.39 is 0 Å². The molecule has 2 amide bonds.